The predicted molar refractivity (Wildman–Crippen MR) is 108 cm³/mol. The third kappa shape index (κ3) is 3.29. The Hall–Kier alpha value is -3.80. The molecular weight excluding hydrogens is 366 g/mol. The van der Waals surface area contributed by atoms with E-state index < -0.39 is 0 Å². The first-order valence-corrected chi connectivity index (χ1v) is 9.51. The maximum absolute atomic E-state index is 13.3. The van der Waals surface area contributed by atoms with Gasteiger partial charge in [-0.1, -0.05) is 36.4 Å². The molecule has 1 atom stereocenters. The van der Waals surface area contributed by atoms with E-state index in [1.54, 1.807) is 23.1 Å². The van der Waals surface area contributed by atoms with Crippen molar-refractivity contribution in [1.29, 1.82) is 0 Å². The number of nitrogens with one attached hydrogen (secondary N) is 1. The Balaban J connectivity index is 1.51. The van der Waals surface area contributed by atoms with Crippen LogP contribution in [0.2, 0.25) is 0 Å². The number of rotatable bonds is 4. The third-order valence-corrected chi connectivity index (χ3v) is 4.98. The molecule has 6 heteroatoms. The molecule has 0 spiro atoms. The van der Waals surface area contributed by atoms with Crippen LogP contribution in [0.3, 0.4) is 0 Å². The van der Waals surface area contributed by atoms with E-state index in [-0.39, 0.29) is 11.9 Å². The number of hydrogen-bond donors (Lipinski definition) is 1. The Labute approximate surface area is 167 Å². The van der Waals surface area contributed by atoms with Crippen LogP contribution in [0.5, 0.6) is 5.75 Å². The first-order chi connectivity index (χ1) is 14.3. The van der Waals surface area contributed by atoms with Crippen molar-refractivity contribution < 1.29 is 13.9 Å². The van der Waals surface area contributed by atoms with E-state index in [0.29, 0.717) is 30.2 Å². The summed E-state index contributed by atoms with van der Waals surface area (Å²) in [6, 6.07) is 22.7. The van der Waals surface area contributed by atoms with Gasteiger partial charge < -0.3 is 14.5 Å². The van der Waals surface area contributed by atoms with Gasteiger partial charge in [0.2, 0.25) is 0 Å². The summed E-state index contributed by atoms with van der Waals surface area (Å²) in [7, 11) is 0. The standard InChI is InChI=1S/C23H19N3O3/c27-23(24-18-12-14-29-21-10-5-4-9-17(18)21)20-15-19(22-11-6-13-28-22)25-26(20)16-7-2-1-3-8-16/h1-11,13,15,18H,12,14H2,(H,24,27)/t18-/m1/s1. The Morgan fingerprint density at radius 2 is 1.86 bits per heavy atom. The van der Waals surface area contributed by atoms with Gasteiger partial charge in [-0.2, -0.15) is 5.10 Å². The molecule has 0 saturated heterocycles. The molecule has 0 bridgehead atoms. The predicted octanol–water partition coefficient (Wildman–Crippen LogP) is 4.39. The SMILES string of the molecule is O=C(N[C@@H]1CCOc2ccccc21)c1cc(-c2ccco2)nn1-c1ccccc1. The molecule has 0 unspecified atom stereocenters. The van der Waals surface area contributed by atoms with Crippen LogP contribution in [0.4, 0.5) is 0 Å². The Morgan fingerprint density at radius 1 is 1.03 bits per heavy atom. The zero-order valence-corrected chi connectivity index (χ0v) is 15.6. The van der Waals surface area contributed by atoms with Crippen LogP contribution in [-0.2, 0) is 0 Å². The van der Waals surface area contributed by atoms with Crippen molar-refractivity contribution in [2.45, 2.75) is 12.5 Å². The number of para-hydroxylation sites is 2. The minimum Gasteiger partial charge on any atom is -0.493 e. The minimum absolute atomic E-state index is 0.112. The molecule has 3 heterocycles. The van der Waals surface area contributed by atoms with E-state index in [1.807, 2.05) is 60.7 Å². The number of fused-ring (bicyclic) bond motifs is 1. The number of amides is 1. The first-order valence-electron chi connectivity index (χ1n) is 9.51. The van der Waals surface area contributed by atoms with Gasteiger partial charge in [-0.3, -0.25) is 4.79 Å². The van der Waals surface area contributed by atoms with Gasteiger partial charge in [0, 0.05) is 18.1 Å². The van der Waals surface area contributed by atoms with Crippen molar-refractivity contribution in [2.24, 2.45) is 0 Å². The van der Waals surface area contributed by atoms with Crippen LogP contribution in [0, 0.1) is 0 Å². The molecule has 29 heavy (non-hydrogen) atoms. The Bertz CT molecular complexity index is 1130. The summed E-state index contributed by atoms with van der Waals surface area (Å²) in [5.74, 6) is 1.24. The minimum atomic E-state index is -0.194. The number of aromatic nitrogens is 2. The van der Waals surface area contributed by atoms with E-state index in [0.717, 1.165) is 17.0 Å². The fourth-order valence-electron chi connectivity index (χ4n) is 3.58. The smallest absolute Gasteiger partial charge is 0.270 e. The molecule has 0 saturated carbocycles. The summed E-state index contributed by atoms with van der Waals surface area (Å²) in [4.78, 5) is 13.3. The zero-order chi connectivity index (χ0) is 19.6. The number of carbonyl (C=O) groups excluding carboxylic acids is 1. The van der Waals surface area contributed by atoms with E-state index in [4.69, 9.17) is 9.15 Å². The summed E-state index contributed by atoms with van der Waals surface area (Å²) in [5, 5.41) is 7.77. The normalized spacial score (nSPS) is 15.4. The second kappa shape index (κ2) is 7.31. The van der Waals surface area contributed by atoms with Crippen molar-refractivity contribution in [3.05, 3.63) is 90.3 Å². The van der Waals surface area contributed by atoms with Crippen molar-refractivity contribution >= 4 is 5.91 Å². The van der Waals surface area contributed by atoms with Crippen molar-refractivity contribution in [3.63, 3.8) is 0 Å². The summed E-state index contributed by atoms with van der Waals surface area (Å²) in [6.07, 6.45) is 2.31. The highest BCUT2D eigenvalue weighted by atomic mass is 16.5. The molecule has 4 aromatic rings. The molecule has 5 rings (SSSR count). The van der Waals surface area contributed by atoms with Gasteiger partial charge in [-0.25, -0.2) is 4.68 Å². The van der Waals surface area contributed by atoms with Gasteiger partial charge in [0.1, 0.15) is 17.1 Å². The maximum atomic E-state index is 13.3. The molecule has 0 aliphatic carbocycles. The fraction of sp³-hybridized carbons (Fsp3) is 0.130. The fourth-order valence-corrected chi connectivity index (χ4v) is 3.58. The molecular formula is C23H19N3O3. The van der Waals surface area contributed by atoms with Crippen LogP contribution in [0.1, 0.15) is 28.5 Å². The number of carbonyl (C=O) groups is 1. The lowest BCUT2D eigenvalue weighted by molar-refractivity contribution is 0.0917. The van der Waals surface area contributed by atoms with E-state index in [9.17, 15) is 4.79 Å². The second-order valence-electron chi connectivity index (χ2n) is 6.84. The molecule has 1 N–H and O–H groups in total. The average Bonchev–Trinajstić information content (AvgIpc) is 3.45. The highest BCUT2D eigenvalue weighted by Gasteiger charge is 2.25. The number of nitrogens with zero attached hydrogens (tertiary/aromatic N) is 2. The zero-order valence-electron chi connectivity index (χ0n) is 15.6. The van der Waals surface area contributed by atoms with Gasteiger partial charge in [-0.05, 0) is 30.3 Å². The summed E-state index contributed by atoms with van der Waals surface area (Å²) in [5.41, 5.74) is 2.86. The first kappa shape index (κ1) is 17.3. The second-order valence-corrected chi connectivity index (χ2v) is 6.84. The van der Waals surface area contributed by atoms with Crippen molar-refractivity contribution in [3.8, 4) is 22.9 Å². The lowest BCUT2D eigenvalue weighted by atomic mass is 10.0. The number of furan rings is 1. The largest absolute Gasteiger partial charge is 0.493 e. The van der Waals surface area contributed by atoms with Crippen molar-refractivity contribution in [1.82, 2.24) is 15.1 Å². The number of benzene rings is 2. The van der Waals surface area contributed by atoms with Crippen LogP contribution in [-0.4, -0.2) is 22.3 Å². The van der Waals surface area contributed by atoms with Crippen LogP contribution in [0.25, 0.3) is 17.1 Å². The molecule has 2 aromatic carbocycles. The van der Waals surface area contributed by atoms with Gasteiger partial charge in [0.15, 0.2) is 5.76 Å². The molecule has 144 valence electrons. The molecule has 6 nitrogen and oxygen atoms in total. The van der Waals surface area contributed by atoms with Gasteiger partial charge in [0.05, 0.1) is 24.6 Å². The Morgan fingerprint density at radius 3 is 2.69 bits per heavy atom. The van der Waals surface area contributed by atoms with Crippen LogP contribution >= 0.6 is 0 Å². The molecule has 0 fully saturated rings. The van der Waals surface area contributed by atoms with Gasteiger partial charge in [-0.15, -0.1) is 0 Å². The molecule has 1 aliphatic rings. The van der Waals surface area contributed by atoms with Gasteiger partial charge >= 0.3 is 0 Å². The van der Waals surface area contributed by atoms with Crippen molar-refractivity contribution in [2.75, 3.05) is 6.61 Å². The third-order valence-electron chi connectivity index (χ3n) is 4.98. The summed E-state index contributed by atoms with van der Waals surface area (Å²) in [6.45, 7) is 0.567. The Kier molecular flexibility index (Phi) is 4.37. The maximum Gasteiger partial charge on any atom is 0.270 e. The molecule has 0 radical (unpaired) electrons. The molecule has 2 aromatic heterocycles. The van der Waals surface area contributed by atoms with Crippen LogP contribution in [0.15, 0.2) is 83.5 Å². The molecule has 1 aliphatic heterocycles. The topological polar surface area (TPSA) is 69.3 Å². The number of hydrogen-bond acceptors (Lipinski definition) is 4. The molecule has 1 amide bonds. The van der Waals surface area contributed by atoms with Gasteiger partial charge in [0.25, 0.3) is 5.91 Å². The average molecular weight is 385 g/mol. The lowest BCUT2D eigenvalue weighted by Gasteiger charge is -2.26. The summed E-state index contributed by atoms with van der Waals surface area (Å²) < 4.78 is 12.8. The van der Waals surface area contributed by atoms with E-state index in [2.05, 4.69) is 10.4 Å². The van der Waals surface area contributed by atoms with E-state index in [1.165, 1.54) is 0 Å². The lowest BCUT2D eigenvalue weighted by Crippen LogP contribution is -2.33. The highest BCUT2D eigenvalue weighted by Crippen LogP contribution is 2.32. The number of ether oxygens (including phenoxy) is 1. The summed E-state index contributed by atoms with van der Waals surface area (Å²) >= 11 is 0. The monoisotopic (exact) mass is 385 g/mol. The van der Waals surface area contributed by atoms with E-state index >= 15 is 0 Å². The van der Waals surface area contributed by atoms with Crippen LogP contribution < -0.4 is 10.1 Å². The quantitative estimate of drug-likeness (QED) is 0.566. The highest BCUT2D eigenvalue weighted by molar-refractivity contribution is 5.94.